The van der Waals surface area contributed by atoms with Crippen LogP contribution in [0.1, 0.15) is 168 Å². The van der Waals surface area contributed by atoms with E-state index in [1.807, 2.05) is 165 Å². The average molecular weight is 2020 g/mol. The smallest absolute Gasteiger partial charge is 0.257 e. The fraction of sp³-hybridized carbons (Fsp3) is 0.383. The number of aryl methyl sites for hydroxylation is 2. The standard InChI is InChI=1S/C58H69N7O9.C57H67N7O10/c1-37(2)56(61-39(4)21-24-72-26-27-73-25-22-59)52(67)28-38(3)57(69)63-45-19-17-42(18-20-45)41-15-13-40(14-16-41)29-51(66)50-31-46(36-64(50)5)62-55(68)12-9-23-74-54-33-49-48(32-53(54)71-6)58(70)65-35-44-11-8-7-10-43(44)30-47(65)34-60-49;1-36(2)55(62-54(68)20-23-72-25-26-73-24-21-58)49(66)27-37(3)56(69)60-44-18-16-40(17-19-44)39-14-12-38(13-15-39)28-48(65)43-30-52(63(4)34-43)61-53(67)11-8-22-74-51-32-47-46(31-50(51)71-5)57(70)64-35-42-10-7-6-9-41(42)29-45(64)33-59-47/h7-8,10-11,13-20,31-34,36-38,47,56,61H,4,9,12,21-30,35,59H2,1-3,5-6H3,(H,62,68)(H,63,69);6-7,9-10,12-19,30-34,36-37,45,55H,8,11,20-29,35,58H2,1-5H3,(H,60,69)(H,61,67)(H,62,68)/t38-,47+,56+;37-,45+,55+/m11/s1. The molecule has 2 aromatic heterocycles. The Bertz CT molecular complexity index is 6410. The number of aromatic nitrogens is 2. The largest absolute Gasteiger partial charge is 0.493 e. The lowest BCUT2D eigenvalue weighted by molar-refractivity contribution is -0.131. The molecule has 6 heterocycles. The summed E-state index contributed by atoms with van der Waals surface area (Å²) in [7, 11) is 6.58. The molecule has 0 unspecified atom stereocenters. The van der Waals surface area contributed by atoms with Crippen LogP contribution in [0.15, 0.2) is 217 Å². The van der Waals surface area contributed by atoms with Crippen LogP contribution in [0.2, 0.25) is 0 Å². The number of ketones is 4. The second kappa shape index (κ2) is 54.0. The molecule has 6 atom stereocenters. The number of nitrogens with two attached hydrogens (primary N) is 2. The van der Waals surface area contributed by atoms with Crippen molar-refractivity contribution in [3.05, 3.63) is 262 Å². The summed E-state index contributed by atoms with van der Waals surface area (Å²) in [6.07, 6.45) is 10.6. The number of Topliss-reactive ketones (excluding diaryl/α,β-unsaturated/α-hetero) is 4. The number of ether oxygens (including phenoxy) is 8. The third-order valence-corrected chi connectivity index (χ3v) is 26.2. The highest BCUT2D eigenvalue weighted by atomic mass is 16.5. The lowest BCUT2D eigenvalue weighted by Crippen LogP contribution is -2.45. The Hall–Kier alpha value is -14.9. The minimum absolute atomic E-state index is 0.00738. The van der Waals surface area contributed by atoms with E-state index in [2.05, 4.69) is 56.7 Å². The Balaban J connectivity index is 0.000000247. The number of anilines is 4. The first-order chi connectivity index (χ1) is 71.4. The molecule has 780 valence electrons. The van der Waals surface area contributed by atoms with E-state index in [-0.39, 0.29) is 153 Å². The lowest BCUT2D eigenvalue weighted by Gasteiger charge is -2.34. The Morgan fingerprint density at radius 2 is 0.845 bits per heavy atom. The van der Waals surface area contributed by atoms with E-state index in [4.69, 9.17) is 59.3 Å². The van der Waals surface area contributed by atoms with Crippen molar-refractivity contribution in [2.45, 2.75) is 156 Å². The van der Waals surface area contributed by atoms with Crippen LogP contribution in [0.4, 0.5) is 34.3 Å². The third kappa shape index (κ3) is 30.7. The van der Waals surface area contributed by atoms with E-state index in [1.165, 1.54) is 25.3 Å². The molecule has 148 heavy (non-hydrogen) atoms. The van der Waals surface area contributed by atoms with Crippen molar-refractivity contribution in [1.29, 1.82) is 0 Å². The van der Waals surface area contributed by atoms with Crippen molar-refractivity contribution in [2.75, 3.05) is 115 Å². The predicted molar refractivity (Wildman–Crippen MR) is 570 cm³/mol. The molecule has 0 fully saturated rings. The number of benzene rings is 8. The second-order valence-corrected chi connectivity index (χ2v) is 38.1. The van der Waals surface area contributed by atoms with Crippen molar-refractivity contribution >= 4 is 111 Å². The number of hydrogen-bond acceptors (Lipinski definition) is 24. The zero-order chi connectivity index (χ0) is 105. The maximum absolute atomic E-state index is 13.7. The Labute approximate surface area is 864 Å². The zero-order valence-electron chi connectivity index (χ0n) is 85.9. The molecule has 0 saturated carbocycles. The van der Waals surface area contributed by atoms with Crippen molar-refractivity contribution in [3.8, 4) is 45.3 Å². The average Bonchev–Trinajstić information content (AvgIpc) is 1.62. The first-order valence-corrected chi connectivity index (χ1v) is 50.4. The Kier molecular flexibility index (Phi) is 40.3. The van der Waals surface area contributed by atoms with Crippen LogP contribution in [0.5, 0.6) is 23.0 Å². The van der Waals surface area contributed by atoms with Gasteiger partial charge in [0.2, 0.25) is 29.5 Å². The summed E-state index contributed by atoms with van der Waals surface area (Å²) in [6.45, 7) is 20.7. The third-order valence-electron chi connectivity index (χ3n) is 26.2. The number of carbonyl (C=O) groups excluding carboxylic acids is 11. The van der Waals surface area contributed by atoms with Gasteiger partial charge >= 0.3 is 0 Å². The minimum atomic E-state index is -0.731. The summed E-state index contributed by atoms with van der Waals surface area (Å²) >= 11 is 0. The molecule has 33 heteroatoms. The molecule has 10 N–H and O–H groups in total. The van der Waals surface area contributed by atoms with Gasteiger partial charge in [0.15, 0.2) is 46.1 Å². The van der Waals surface area contributed by atoms with Crippen LogP contribution in [0, 0.1) is 23.7 Å². The lowest BCUT2D eigenvalue weighted by atomic mass is 9.92. The van der Waals surface area contributed by atoms with Crippen molar-refractivity contribution in [2.24, 2.45) is 59.2 Å². The number of rotatable bonds is 53. The maximum atomic E-state index is 13.7. The molecule has 33 nitrogen and oxygen atoms in total. The van der Waals surface area contributed by atoms with Gasteiger partial charge in [-0.2, -0.15) is 0 Å². The van der Waals surface area contributed by atoms with E-state index in [0.717, 1.165) is 44.5 Å². The highest BCUT2D eigenvalue weighted by molar-refractivity contribution is 6.06. The summed E-state index contributed by atoms with van der Waals surface area (Å²) in [5, 5.41) is 17.7. The molecule has 0 aliphatic carbocycles. The van der Waals surface area contributed by atoms with E-state index < -0.39 is 23.9 Å². The Morgan fingerprint density at radius 1 is 0.426 bits per heavy atom. The van der Waals surface area contributed by atoms with Crippen molar-refractivity contribution in [1.82, 2.24) is 29.6 Å². The van der Waals surface area contributed by atoms with Crippen LogP contribution in [-0.2, 0) is 105 Å². The number of nitrogens with zero attached hydrogens (tertiary/aromatic N) is 6. The summed E-state index contributed by atoms with van der Waals surface area (Å²) in [4.78, 5) is 159. The van der Waals surface area contributed by atoms with Crippen LogP contribution in [0.3, 0.4) is 0 Å². The van der Waals surface area contributed by atoms with Gasteiger partial charge in [-0.1, -0.05) is 169 Å². The monoisotopic (exact) mass is 2020 g/mol. The fourth-order valence-electron chi connectivity index (χ4n) is 17.9. The van der Waals surface area contributed by atoms with E-state index in [9.17, 15) is 52.7 Å². The van der Waals surface area contributed by atoms with Gasteiger partial charge in [-0.3, -0.25) is 62.7 Å². The van der Waals surface area contributed by atoms with Gasteiger partial charge in [-0.25, -0.2) is 0 Å². The maximum Gasteiger partial charge on any atom is 0.257 e. The highest BCUT2D eigenvalue weighted by Gasteiger charge is 2.37. The molecule has 0 saturated heterocycles. The molecule has 7 amide bonds. The molecule has 10 aromatic rings. The number of nitrogens with one attached hydrogen (secondary N) is 6. The number of carbonyl (C=O) groups is 11. The van der Waals surface area contributed by atoms with Gasteiger partial charge in [0.25, 0.3) is 11.8 Å². The zero-order valence-corrected chi connectivity index (χ0v) is 85.9. The van der Waals surface area contributed by atoms with Crippen molar-refractivity contribution in [3.63, 3.8) is 0 Å². The van der Waals surface area contributed by atoms with Crippen LogP contribution in [0.25, 0.3) is 22.3 Å². The van der Waals surface area contributed by atoms with Crippen LogP contribution >= 0.6 is 0 Å². The van der Waals surface area contributed by atoms with Crippen LogP contribution < -0.4 is 62.3 Å². The quantitative estimate of drug-likeness (QED) is 0.0130. The molecule has 0 spiro atoms. The SMILES string of the molecule is C=C(CCOCCOCCN)N[C@H](C(=O)C[C@@H](C)C(=O)Nc1ccc(-c2ccc(CC(=O)c3cc(NC(=O)CCCOc4cc5c(cc4OC)C(=O)N4Cc6ccccc6C[C@H]4C=N5)cn3C)cc2)cc1)C(C)C.COc1cc2c(cc1OCCCC(=O)Nc1cc(C(=O)Cc3ccc(-c4ccc(NC(=O)[C@H](C)CC(=O)[C@@H](NC(=O)CCOCCOCCN)C(C)C)cc4)cc3)cn1C)N=C[C@@H]1Cc3ccccc3CN1C2=O. The molecule has 0 bridgehead atoms. The topological polar surface area (TPSA) is 427 Å². The second-order valence-electron chi connectivity index (χ2n) is 38.1. The number of amides is 7. The summed E-state index contributed by atoms with van der Waals surface area (Å²) in [5.41, 5.74) is 26.1. The first-order valence-electron chi connectivity index (χ1n) is 50.4. The highest BCUT2D eigenvalue weighted by Crippen LogP contribution is 2.42. The van der Waals surface area contributed by atoms with Crippen molar-refractivity contribution < 1.29 is 90.6 Å². The van der Waals surface area contributed by atoms with E-state index >= 15 is 0 Å². The molecule has 4 aliphatic heterocycles. The van der Waals surface area contributed by atoms with Crippen LogP contribution in [-0.4, -0.2) is 213 Å². The number of fused-ring (bicyclic) bond motifs is 6. The minimum Gasteiger partial charge on any atom is -0.493 e. The first kappa shape index (κ1) is 110. The summed E-state index contributed by atoms with van der Waals surface area (Å²) in [5.74, 6) is -1.24. The van der Waals surface area contributed by atoms with E-state index in [1.54, 1.807) is 98.0 Å². The van der Waals surface area contributed by atoms with Gasteiger partial charge in [0, 0.05) is 163 Å². The van der Waals surface area contributed by atoms with Gasteiger partial charge < -0.3 is 100 Å². The number of methoxy groups -OCH3 is 2. The summed E-state index contributed by atoms with van der Waals surface area (Å²) < 4.78 is 48.3. The molecule has 8 aromatic carbocycles. The molecule has 0 radical (unpaired) electrons. The molecular formula is C115H136N14O19. The Morgan fingerprint density at radius 3 is 1.29 bits per heavy atom. The predicted octanol–water partition coefficient (Wildman–Crippen LogP) is 15.5. The summed E-state index contributed by atoms with van der Waals surface area (Å²) in [6, 6.07) is 55.1. The van der Waals surface area contributed by atoms with Gasteiger partial charge in [-0.15, -0.1) is 0 Å². The van der Waals surface area contributed by atoms with Gasteiger partial charge in [0.05, 0.1) is 138 Å². The van der Waals surface area contributed by atoms with E-state index in [0.29, 0.717) is 190 Å². The van der Waals surface area contributed by atoms with Gasteiger partial charge in [0.1, 0.15) is 5.82 Å². The molecular weight excluding hydrogens is 1880 g/mol. The molecule has 14 rings (SSSR count). The number of aliphatic imine (C=N–C) groups is 2. The van der Waals surface area contributed by atoms with Gasteiger partial charge in [-0.05, 0) is 142 Å². The fourth-order valence-corrected chi connectivity index (χ4v) is 17.9. The molecule has 4 aliphatic rings. The number of hydrogen-bond donors (Lipinski definition) is 8. The normalized spacial score (nSPS) is 14.5.